The predicted molar refractivity (Wildman–Crippen MR) is 214 cm³/mol. The fourth-order valence-corrected chi connectivity index (χ4v) is 9.77. The number of fused-ring (bicyclic) bond motifs is 3. The minimum atomic E-state index is -0.977. The molecular formula is C43H44ClN7O7. The average Bonchev–Trinajstić information content (AvgIpc) is 3.48. The van der Waals surface area contributed by atoms with Crippen LogP contribution < -0.4 is 19.9 Å². The van der Waals surface area contributed by atoms with Crippen molar-refractivity contribution in [2.24, 2.45) is 11.8 Å². The van der Waals surface area contributed by atoms with Gasteiger partial charge < -0.3 is 24.2 Å². The smallest absolute Gasteiger partial charge is 0.262 e. The standard InChI is InChI=1S/C43H44ClN7O7/c1-45-36-9-7-32(21-35(36)44)58-39-27-22-50(23-28(39)25-57-24-27)41(54)26-2-4-29(5-3-26)48-16-18-49(19-17-48)30-12-14-47(15-13-30)31-6-8-33-34(20-31)43(56)51(42(33)55)37-10-11-38(52)46-40(37)53/h2-9,20-21,27-28,30,37,39H,10-19,22-25H2,(H,46,52,53). The summed E-state index contributed by atoms with van der Waals surface area (Å²) in [6.45, 7) is 14.6. The van der Waals surface area contributed by atoms with Crippen molar-refractivity contribution < 1.29 is 33.4 Å². The third-order valence-corrected chi connectivity index (χ3v) is 13.0. The molecule has 3 aromatic carbocycles. The van der Waals surface area contributed by atoms with Crippen LogP contribution in [0.3, 0.4) is 0 Å². The summed E-state index contributed by atoms with van der Waals surface area (Å²) in [5, 5.41) is 2.61. The number of nitrogens with zero attached hydrogens (tertiary/aromatic N) is 6. The highest BCUT2D eigenvalue weighted by atomic mass is 35.5. The topological polar surface area (TPSA) is 136 Å². The van der Waals surface area contributed by atoms with Crippen LogP contribution in [0.1, 0.15) is 56.8 Å². The number of hydrogen-bond donors (Lipinski definition) is 1. The summed E-state index contributed by atoms with van der Waals surface area (Å²) in [7, 11) is 0. The quantitative estimate of drug-likeness (QED) is 0.273. The minimum absolute atomic E-state index is 0.0108. The molecule has 1 N–H and O–H groups in total. The van der Waals surface area contributed by atoms with Gasteiger partial charge in [-0.05, 0) is 73.9 Å². The highest BCUT2D eigenvalue weighted by Crippen LogP contribution is 2.36. The molecule has 300 valence electrons. The highest BCUT2D eigenvalue weighted by molar-refractivity contribution is 6.33. The third kappa shape index (κ3) is 7.16. The van der Waals surface area contributed by atoms with Crippen molar-refractivity contribution in [2.45, 2.75) is 43.9 Å². The molecular weight excluding hydrogens is 762 g/mol. The van der Waals surface area contributed by atoms with Gasteiger partial charge in [-0.1, -0.05) is 17.7 Å². The fourth-order valence-electron chi connectivity index (χ4n) is 9.55. The molecule has 0 radical (unpaired) electrons. The molecule has 6 aliphatic heterocycles. The molecule has 0 aliphatic carbocycles. The van der Waals surface area contributed by atoms with E-state index < -0.39 is 29.7 Å². The Morgan fingerprint density at radius 3 is 2.14 bits per heavy atom. The Morgan fingerprint density at radius 1 is 0.793 bits per heavy atom. The Morgan fingerprint density at radius 2 is 1.47 bits per heavy atom. The molecule has 6 aliphatic rings. The zero-order valence-corrected chi connectivity index (χ0v) is 32.7. The molecule has 3 atom stereocenters. The molecule has 2 bridgehead atoms. The predicted octanol–water partition coefficient (Wildman–Crippen LogP) is 4.25. The lowest BCUT2D eigenvalue weighted by Gasteiger charge is -2.46. The Bertz CT molecular complexity index is 2180. The maximum Gasteiger partial charge on any atom is 0.262 e. The van der Waals surface area contributed by atoms with E-state index in [9.17, 15) is 24.0 Å². The van der Waals surface area contributed by atoms with Gasteiger partial charge in [0.1, 0.15) is 17.9 Å². The second-order valence-corrected chi connectivity index (χ2v) is 16.4. The van der Waals surface area contributed by atoms with Gasteiger partial charge in [0.05, 0.1) is 35.9 Å². The molecule has 0 saturated carbocycles. The van der Waals surface area contributed by atoms with Gasteiger partial charge in [0.25, 0.3) is 17.7 Å². The maximum atomic E-state index is 13.7. The first kappa shape index (κ1) is 38.1. The molecule has 3 aromatic rings. The fraction of sp³-hybridized carbons (Fsp3) is 0.442. The second-order valence-electron chi connectivity index (χ2n) is 16.0. The number of likely N-dealkylation sites (tertiary alicyclic amines) is 1. The van der Waals surface area contributed by atoms with E-state index in [2.05, 4.69) is 37.0 Å². The number of carbonyl (C=O) groups is 5. The lowest BCUT2D eigenvalue weighted by Crippen LogP contribution is -2.58. The number of anilines is 2. The number of carbonyl (C=O) groups excluding carboxylic acids is 5. The summed E-state index contributed by atoms with van der Waals surface area (Å²) in [5.41, 5.74) is 3.64. The van der Waals surface area contributed by atoms with E-state index in [0.717, 1.165) is 68.4 Å². The first-order valence-corrected chi connectivity index (χ1v) is 20.4. The van der Waals surface area contributed by atoms with E-state index >= 15 is 0 Å². The lowest BCUT2D eigenvalue weighted by molar-refractivity contribution is -0.136. The molecule has 0 aromatic heterocycles. The van der Waals surface area contributed by atoms with Crippen molar-refractivity contribution in [3.8, 4) is 5.75 Å². The number of piperazine rings is 1. The van der Waals surface area contributed by atoms with Crippen LogP contribution in [0, 0.1) is 18.4 Å². The van der Waals surface area contributed by atoms with Gasteiger partial charge in [-0.15, -0.1) is 0 Å². The Kier molecular flexibility index (Phi) is 10.3. The van der Waals surface area contributed by atoms with Crippen molar-refractivity contribution in [2.75, 3.05) is 75.4 Å². The monoisotopic (exact) mass is 805 g/mol. The summed E-state index contributed by atoms with van der Waals surface area (Å²) in [4.78, 5) is 77.9. The van der Waals surface area contributed by atoms with E-state index in [4.69, 9.17) is 27.6 Å². The molecule has 6 heterocycles. The second kappa shape index (κ2) is 15.7. The summed E-state index contributed by atoms with van der Waals surface area (Å²) < 4.78 is 12.2. The molecule has 5 amide bonds. The highest BCUT2D eigenvalue weighted by Gasteiger charge is 2.46. The SMILES string of the molecule is [C-]#[N+]c1ccc(OC2C3COCC2CN(C(=O)c2ccc(N4CCN(C5CCN(c6ccc7c(c6)C(=O)N(C6CCC(=O)NC6=O)C7=O)CC5)CC4)cc2)C3)cc1Cl. The van der Waals surface area contributed by atoms with E-state index in [1.54, 1.807) is 30.3 Å². The van der Waals surface area contributed by atoms with E-state index in [1.807, 2.05) is 23.1 Å². The number of piperidine rings is 3. The number of benzene rings is 3. The summed E-state index contributed by atoms with van der Waals surface area (Å²) >= 11 is 6.26. The number of rotatable bonds is 7. The van der Waals surface area contributed by atoms with Crippen LogP contribution in [-0.2, 0) is 14.3 Å². The maximum absolute atomic E-state index is 13.7. The molecule has 0 spiro atoms. The van der Waals surface area contributed by atoms with Crippen LogP contribution in [0.4, 0.5) is 17.1 Å². The normalized spacial score (nSPS) is 25.4. The van der Waals surface area contributed by atoms with Gasteiger partial charge in [-0.2, -0.15) is 0 Å². The van der Waals surface area contributed by atoms with Gasteiger partial charge in [0.15, 0.2) is 0 Å². The summed E-state index contributed by atoms with van der Waals surface area (Å²) in [5.74, 6) is -1.30. The van der Waals surface area contributed by atoms with Crippen molar-refractivity contribution >= 4 is 58.2 Å². The van der Waals surface area contributed by atoms with Gasteiger partial charge in [0, 0.05) is 93.6 Å². The van der Waals surface area contributed by atoms with Gasteiger partial charge >= 0.3 is 0 Å². The van der Waals surface area contributed by atoms with E-state index in [-0.39, 0.29) is 36.7 Å². The molecule has 15 heteroatoms. The molecule has 5 fully saturated rings. The minimum Gasteiger partial charge on any atom is -0.490 e. The van der Waals surface area contributed by atoms with Gasteiger partial charge in [-0.3, -0.25) is 39.1 Å². The molecule has 3 unspecified atom stereocenters. The first-order chi connectivity index (χ1) is 28.1. The van der Waals surface area contributed by atoms with Crippen LogP contribution in [0.15, 0.2) is 60.7 Å². The van der Waals surface area contributed by atoms with Gasteiger partial charge in [-0.25, -0.2) is 4.85 Å². The van der Waals surface area contributed by atoms with Crippen LogP contribution in [0.5, 0.6) is 5.75 Å². The number of amides is 5. The molecule has 58 heavy (non-hydrogen) atoms. The van der Waals surface area contributed by atoms with Crippen LogP contribution in [-0.4, -0.2) is 128 Å². The van der Waals surface area contributed by atoms with E-state index in [0.29, 0.717) is 65.5 Å². The average molecular weight is 806 g/mol. The van der Waals surface area contributed by atoms with Crippen molar-refractivity contribution in [3.63, 3.8) is 0 Å². The van der Waals surface area contributed by atoms with Crippen molar-refractivity contribution in [3.05, 3.63) is 93.8 Å². The number of ether oxygens (including phenoxy) is 2. The Hall–Kier alpha value is -5.49. The van der Waals surface area contributed by atoms with Crippen molar-refractivity contribution in [1.82, 2.24) is 20.0 Å². The number of halogens is 1. The number of nitrogens with one attached hydrogen (secondary N) is 1. The zero-order chi connectivity index (χ0) is 40.1. The Balaban J connectivity index is 0.753. The van der Waals surface area contributed by atoms with Crippen LogP contribution >= 0.6 is 11.6 Å². The van der Waals surface area contributed by atoms with Crippen LogP contribution in [0.2, 0.25) is 5.02 Å². The lowest BCUT2D eigenvalue weighted by atomic mass is 9.84. The van der Waals surface area contributed by atoms with Gasteiger partial charge in [0.2, 0.25) is 17.5 Å². The third-order valence-electron chi connectivity index (χ3n) is 12.7. The summed E-state index contributed by atoms with van der Waals surface area (Å²) in [6, 6.07) is 17.9. The van der Waals surface area contributed by atoms with E-state index in [1.165, 1.54) is 0 Å². The number of imide groups is 2. The summed E-state index contributed by atoms with van der Waals surface area (Å²) in [6.07, 6.45) is 2.07. The first-order valence-electron chi connectivity index (χ1n) is 20.1. The van der Waals surface area contributed by atoms with Crippen LogP contribution in [0.25, 0.3) is 4.85 Å². The zero-order valence-electron chi connectivity index (χ0n) is 32.0. The molecule has 9 rings (SSSR count). The largest absolute Gasteiger partial charge is 0.490 e. The Labute approximate surface area is 341 Å². The van der Waals surface area contributed by atoms with Crippen molar-refractivity contribution in [1.29, 1.82) is 0 Å². The molecule has 14 nitrogen and oxygen atoms in total. The number of hydrogen-bond acceptors (Lipinski definition) is 10. The molecule has 5 saturated heterocycles.